The van der Waals surface area contributed by atoms with E-state index in [1.54, 1.807) is 10.6 Å². The van der Waals surface area contributed by atoms with Crippen molar-refractivity contribution in [1.82, 2.24) is 0 Å². The van der Waals surface area contributed by atoms with Gasteiger partial charge >= 0.3 is 0 Å². The van der Waals surface area contributed by atoms with Gasteiger partial charge in [-0.1, -0.05) is 111 Å². The molecule has 3 atom stereocenters. The van der Waals surface area contributed by atoms with Crippen molar-refractivity contribution < 1.29 is 0 Å². The molecule has 170 valence electrons. The standard InChI is InChI=1S/C29H44P2/c1-21-15-10-12-18-25(21)30(26-19-13-11-16-22(26)2)23(3)24-17-14-20-27(24)31(28(4,5)6)29(7,8)9/h10-13,15-16,18-19,23-24,27H,14,17,20H2,1-9H3/t23-,24?,27?/m1/s1. The zero-order chi connectivity index (χ0) is 23.0. The Morgan fingerprint density at radius 3 is 1.61 bits per heavy atom. The molecule has 0 N–H and O–H groups in total. The summed E-state index contributed by atoms with van der Waals surface area (Å²) < 4.78 is 0. The first-order valence-corrected chi connectivity index (χ1v) is 14.9. The van der Waals surface area contributed by atoms with E-state index >= 15 is 0 Å². The molecule has 1 fully saturated rings. The van der Waals surface area contributed by atoms with Gasteiger partial charge in [0.05, 0.1) is 0 Å². The summed E-state index contributed by atoms with van der Waals surface area (Å²) in [5.41, 5.74) is 4.52. The lowest BCUT2D eigenvalue weighted by atomic mass is 10.0. The smallest absolute Gasteiger partial charge is 0.0123 e. The van der Waals surface area contributed by atoms with E-state index in [0.717, 1.165) is 11.6 Å². The van der Waals surface area contributed by atoms with Crippen molar-refractivity contribution in [3.05, 3.63) is 59.7 Å². The number of hydrogen-bond acceptors (Lipinski definition) is 0. The Labute approximate surface area is 195 Å². The molecular weight excluding hydrogens is 410 g/mol. The molecule has 0 bridgehead atoms. The van der Waals surface area contributed by atoms with E-state index in [1.807, 2.05) is 0 Å². The fourth-order valence-electron chi connectivity index (χ4n) is 6.28. The molecule has 1 aliphatic rings. The van der Waals surface area contributed by atoms with Crippen LogP contribution in [0.5, 0.6) is 0 Å². The monoisotopic (exact) mass is 454 g/mol. The summed E-state index contributed by atoms with van der Waals surface area (Å²) >= 11 is 0. The molecule has 0 nitrogen and oxygen atoms in total. The fourth-order valence-corrected chi connectivity index (χ4v) is 14.9. The Balaban J connectivity index is 2.08. The molecular formula is C29H44P2. The van der Waals surface area contributed by atoms with Gasteiger partial charge in [-0.25, -0.2) is 0 Å². The second-order valence-corrected chi connectivity index (χ2v) is 18.2. The lowest BCUT2D eigenvalue weighted by Gasteiger charge is -2.49. The number of aryl methyl sites for hydroxylation is 2. The summed E-state index contributed by atoms with van der Waals surface area (Å²) in [4.78, 5) is 0. The first-order chi connectivity index (χ1) is 14.4. The van der Waals surface area contributed by atoms with Gasteiger partial charge in [-0.15, -0.1) is 0 Å². The van der Waals surface area contributed by atoms with Crippen LogP contribution < -0.4 is 10.6 Å². The average molecular weight is 455 g/mol. The number of rotatable bonds is 5. The van der Waals surface area contributed by atoms with Gasteiger partial charge < -0.3 is 0 Å². The highest BCUT2D eigenvalue weighted by Gasteiger charge is 2.47. The zero-order valence-corrected chi connectivity index (χ0v) is 23.2. The minimum Gasteiger partial charge on any atom is -0.0921 e. The van der Waals surface area contributed by atoms with Crippen LogP contribution in [0, 0.1) is 19.8 Å². The Morgan fingerprint density at radius 2 is 1.19 bits per heavy atom. The Hall–Kier alpha value is -0.700. The third-order valence-corrected chi connectivity index (χ3v) is 14.5. The van der Waals surface area contributed by atoms with Crippen molar-refractivity contribution in [1.29, 1.82) is 0 Å². The molecule has 0 spiro atoms. The molecule has 0 heterocycles. The molecule has 0 aromatic heterocycles. The molecule has 2 heteroatoms. The minimum absolute atomic E-state index is 0.0832. The predicted octanol–water partition coefficient (Wildman–Crippen LogP) is 8.37. The summed E-state index contributed by atoms with van der Waals surface area (Å²) in [5, 5.41) is 3.99. The van der Waals surface area contributed by atoms with Crippen LogP contribution in [-0.4, -0.2) is 21.6 Å². The summed E-state index contributed by atoms with van der Waals surface area (Å²) in [6, 6.07) is 18.4. The summed E-state index contributed by atoms with van der Waals surface area (Å²) in [6.45, 7) is 22.3. The van der Waals surface area contributed by atoms with Crippen molar-refractivity contribution >= 4 is 26.5 Å². The lowest BCUT2D eigenvalue weighted by molar-refractivity contribution is 0.531. The first kappa shape index (κ1) is 24.9. The second-order valence-electron chi connectivity index (χ2n) is 11.6. The van der Waals surface area contributed by atoms with Gasteiger partial charge in [-0.05, 0) is 83.9 Å². The van der Waals surface area contributed by atoms with E-state index in [0.29, 0.717) is 16.0 Å². The maximum Gasteiger partial charge on any atom is -0.0123 e. The van der Waals surface area contributed by atoms with Crippen LogP contribution in [0.2, 0.25) is 0 Å². The molecule has 0 aliphatic heterocycles. The maximum atomic E-state index is 2.60. The number of hydrogen-bond donors (Lipinski definition) is 0. The molecule has 0 radical (unpaired) electrons. The van der Waals surface area contributed by atoms with Gasteiger partial charge in [-0.3, -0.25) is 0 Å². The minimum atomic E-state index is -0.378. The van der Waals surface area contributed by atoms with Gasteiger partial charge in [0, 0.05) is 0 Å². The molecule has 2 aromatic carbocycles. The van der Waals surface area contributed by atoms with Crippen LogP contribution in [0.3, 0.4) is 0 Å². The lowest BCUT2D eigenvalue weighted by Crippen LogP contribution is -2.37. The van der Waals surface area contributed by atoms with Gasteiger partial charge in [0.15, 0.2) is 0 Å². The quantitative estimate of drug-likeness (QED) is 0.398. The Kier molecular flexibility index (Phi) is 7.77. The molecule has 0 saturated heterocycles. The highest BCUT2D eigenvalue weighted by Crippen LogP contribution is 2.68. The van der Waals surface area contributed by atoms with Crippen LogP contribution in [0.25, 0.3) is 0 Å². The fraction of sp³-hybridized carbons (Fsp3) is 0.586. The maximum absolute atomic E-state index is 2.60. The third kappa shape index (κ3) is 5.45. The SMILES string of the molecule is Cc1ccccc1P(c1ccccc1C)[C@H](C)C1CCCC1P(C(C)(C)C)C(C)(C)C. The molecule has 1 aliphatic carbocycles. The second kappa shape index (κ2) is 9.65. The highest BCUT2D eigenvalue weighted by atomic mass is 31.1. The van der Waals surface area contributed by atoms with E-state index in [9.17, 15) is 0 Å². The predicted molar refractivity (Wildman–Crippen MR) is 146 cm³/mol. The summed E-state index contributed by atoms with van der Waals surface area (Å²) in [7, 11) is -0.461. The van der Waals surface area contributed by atoms with E-state index in [4.69, 9.17) is 0 Å². The molecule has 0 amide bonds. The third-order valence-electron chi connectivity index (χ3n) is 7.09. The zero-order valence-electron chi connectivity index (χ0n) is 21.4. The highest BCUT2D eigenvalue weighted by molar-refractivity contribution is 7.73. The van der Waals surface area contributed by atoms with Crippen LogP contribution in [0.4, 0.5) is 0 Å². The van der Waals surface area contributed by atoms with Gasteiger partial charge in [-0.2, -0.15) is 0 Å². The van der Waals surface area contributed by atoms with E-state index < -0.39 is 0 Å². The summed E-state index contributed by atoms with van der Waals surface area (Å²) in [5.74, 6) is 0.829. The summed E-state index contributed by atoms with van der Waals surface area (Å²) in [6.07, 6.45) is 4.25. The van der Waals surface area contributed by atoms with Crippen molar-refractivity contribution in [3.8, 4) is 0 Å². The van der Waals surface area contributed by atoms with Crippen molar-refractivity contribution in [2.45, 2.75) is 103 Å². The first-order valence-electron chi connectivity index (χ1n) is 12.1. The Morgan fingerprint density at radius 1 is 0.742 bits per heavy atom. The van der Waals surface area contributed by atoms with Gasteiger partial charge in [0.25, 0.3) is 0 Å². The normalized spacial score (nSPS) is 21.1. The van der Waals surface area contributed by atoms with Crippen LogP contribution in [-0.2, 0) is 0 Å². The largest absolute Gasteiger partial charge is 0.0921 e. The van der Waals surface area contributed by atoms with Crippen LogP contribution in [0.1, 0.15) is 78.9 Å². The van der Waals surface area contributed by atoms with Crippen molar-refractivity contribution in [3.63, 3.8) is 0 Å². The molecule has 3 rings (SSSR count). The molecule has 31 heavy (non-hydrogen) atoms. The van der Waals surface area contributed by atoms with Gasteiger partial charge in [0.1, 0.15) is 0 Å². The van der Waals surface area contributed by atoms with E-state index in [2.05, 4.69) is 111 Å². The van der Waals surface area contributed by atoms with Gasteiger partial charge in [0.2, 0.25) is 0 Å². The average Bonchev–Trinajstić information content (AvgIpc) is 3.11. The molecule has 1 saturated carbocycles. The Bertz CT molecular complexity index is 811. The van der Waals surface area contributed by atoms with E-state index in [-0.39, 0.29) is 15.8 Å². The number of benzene rings is 2. The van der Waals surface area contributed by atoms with Crippen LogP contribution in [0.15, 0.2) is 48.5 Å². The topological polar surface area (TPSA) is 0 Å². The van der Waals surface area contributed by atoms with Crippen LogP contribution >= 0.6 is 15.8 Å². The van der Waals surface area contributed by atoms with Crippen molar-refractivity contribution in [2.24, 2.45) is 5.92 Å². The van der Waals surface area contributed by atoms with Crippen molar-refractivity contribution in [2.75, 3.05) is 0 Å². The molecule has 2 unspecified atom stereocenters. The van der Waals surface area contributed by atoms with E-state index in [1.165, 1.54) is 30.4 Å². The molecule has 2 aromatic rings.